The van der Waals surface area contributed by atoms with Gasteiger partial charge in [-0.05, 0) is 42.8 Å². The van der Waals surface area contributed by atoms with Crippen LogP contribution in [-0.2, 0) is 11.2 Å². The van der Waals surface area contributed by atoms with E-state index in [9.17, 15) is 9.59 Å². The van der Waals surface area contributed by atoms with E-state index in [1.165, 1.54) is 12.1 Å². The summed E-state index contributed by atoms with van der Waals surface area (Å²) in [7, 11) is 0. The van der Waals surface area contributed by atoms with E-state index in [1.807, 2.05) is 31.2 Å². The van der Waals surface area contributed by atoms with Crippen molar-refractivity contribution in [3.63, 3.8) is 0 Å². The lowest BCUT2D eigenvalue weighted by Gasteiger charge is -2.07. The Morgan fingerprint density at radius 1 is 1.14 bits per heavy atom. The standard InChI is InChI=1S/C17H17NO4/c1-2-22-15-8-6-12(7-9-15)10-16(19)18-14-5-3-4-13(11-14)17(20)21/h3-9,11H,2,10H2,1H3,(H,18,19)(H,20,21). The van der Waals surface area contributed by atoms with Crippen LogP contribution in [0.5, 0.6) is 5.75 Å². The highest BCUT2D eigenvalue weighted by molar-refractivity contribution is 5.94. The first-order chi connectivity index (χ1) is 10.6. The molecule has 0 unspecified atom stereocenters. The normalized spacial score (nSPS) is 10.0. The lowest BCUT2D eigenvalue weighted by Crippen LogP contribution is -2.14. The van der Waals surface area contributed by atoms with Gasteiger partial charge in [-0.1, -0.05) is 18.2 Å². The van der Waals surface area contributed by atoms with Crippen LogP contribution in [0.4, 0.5) is 5.69 Å². The summed E-state index contributed by atoms with van der Waals surface area (Å²) in [6.45, 7) is 2.51. The molecular weight excluding hydrogens is 282 g/mol. The largest absolute Gasteiger partial charge is 0.494 e. The minimum absolute atomic E-state index is 0.138. The third-order valence-corrected chi connectivity index (χ3v) is 2.99. The fourth-order valence-electron chi connectivity index (χ4n) is 1.99. The van der Waals surface area contributed by atoms with E-state index in [-0.39, 0.29) is 17.9 Å². The van der Waals surface area contributed by atoms with Crippen molar-refractivity contribution >= 4 is 17.6 Å². The number of anilines is 1. The Balaban J connectivity index is 1.97. The second-order valence-corrected chi connectivity index (χ2v) is 4.69. The summed E-state index contributed by atoms with van der Waals surface area (Å²) < 4.78 is 5.34. The maximum absolute atomic E-state index is 12.0. The Kier molecular flexibility index (Phi) is 5.14. The molecule has 0 saturated carbocycles. The van der Waals surface area contributed by atoms with Crippen LogP contribution in [0.15, 0.2) is 48.5 Å². The number of carboxylic acids is 1. The molecule has 0 saturated heterocycles. The van der Waals surface area contributed by atoms with E-state index < -0.39 is 5.97 Å². The van der Waals surface area contributed by atoms with E-state index in [0.717, 1.165) is 11.3 Å². The number of hydrogen-bond donors (Lipinski definition) is 2. The molecule has 0 aromatic heterocycles. The summed E-state index contributed by atoms with van der Waals surface area (Å²) in [6.07, 6.45) is 0.212. The Hall–Kier alpha value is -2.82. The first-order valence-corrected chi connectivity index (χ1v) is 6.93. The molecule has 0 aliphatic rings. The summed E-state index contributed by atoms with van der Waals surface area (Å²) >= 11 is 0. The van der Waals surface area contributed by atoms with Crippen LogP contribution in [-0.4, -0.2) is 23.6 Å². The molecule has 2 rings (SSSR count). The minimum atomic E-state index is -1.03. The third kappa shape index (κ3) is 4.34. The van der Waals surface area contributed by atoms with E-state index >= 15 is 0 Å². The molecule has 2 aromatic rings. The van der Waals surface area contributed by atoms with Gasteiger partial charge in [0.05, 0.1) is 18.6 Å². The van der Waals surface area contributed by atoms with Crippen LogP contribution >= 0.6 is 0 Å². The van der Waals surface area contributed by atoms with Gasteiger partial charge in [0.15, 0.2) is 0 Å². The van der Waals surface area contributed by atoms with Crippen LogP contribution in [0, 0.1) is 0 Å². The Bertz CT molecular complexity index is 665. The fraction of sp³-hybridized carbons (Fsp3) is 0.176. The van der Waals surface area contributed by atoms with Crippen molar-refractivity contribution in [2.24, 2.45) is 0 Å². The van der Waals surface area contributed by atoms with Gasteiger partial charge < -0.3 is 15.2 Å². The number of carbonyl (C=O) groups is 2. The molecule has 22 heavy (non-hydrogen) atoms. The highest BCUT2D eigenvalue weighted by Gasteiger charge is 2.07. The number of nitrogens with one attached hydrogen (secondary N) is 1. The van der Waals surface area contributed by atoms with Crippen LogP contribution in [0.2, 0.25) is 0 Å². The fourth-order valence-corrected chi connectivity index (χ4v) is 1.99. The summed E-state index contributed by atoms with van der Waals surface area (Å²) in [4.78, 5) is 22.9. The summed E-state index contributed by atoms with van der Waals surface area (Å²) in [5, 5.41) is 11.6. The number of rotatable bonds is 6. The maximum Gasteiger partial charge on any atom is 0.335 e. The van der Waals surface area contributed by atoms with Crippen molar-refractivity contribution in [1.29, 1.82) is 0 Å². The molecule has 5 heteroatoms. The molecule has 1 amide bonds. The van der Waals surface area contributed by atoms with Crippen LogP contribution in [0.3, 0.4) is 0 Å². The summed E-state index contributed by atoms with van der Waals surface area (Å²) in [6, 6.07) is 13.5. The molecular formula is C17H17NO4. The van der Waals surface area contributed by atoms with Crippen LogP contribution in [0.25, 0.3) is 0 Å². The summed E-state index contributed by atoms with van der Waals surface area (Å²) in [5.41, 5.74) is 1.46. The van der Waals surface area contributed by atoms with Gasteiger partial charge in [-0.3, -0.25) is 4.79 Å². The molecule has 0 radical (unpaired) electrons. The molecule has 0 spiro atoms. The van der Waals surface area contributed by atoms with E-state index in [4.69, 9.17) is 9.84 Å². The van der Waals surface area contributed by atoms with E-state index in [0.29, 0.717) is 12.3 Å². The zero-order valence-corrected chi connectivity index (χ0v) is 12.2. The maximum atomic E-state index is 12.0. The molecule has 0 aliphatic heterocycles. The third-order valence-electron chi connectivity index (χ3n) is 2.99. The van der Waals surface area contributed by atoms with Crippen molar-refractivity contribution < 1.29 is 19.4 Å². The number of ether oxygens (including phenoxy) is 1. The monoisotopic (exact) mass is 299 g/mol. The second kappa shape index (κ2) is 7.26. The van der Waals surface area contributed by atoms with Gasteiger partial charge in [-0.2, -0.15) is 0 Å². The lowest BCUT2D eigenvalue weighted by atomic mass is 10.1. The molecule has 0 bridgehead atoms. The second-order valence-electron chi connectivity index (χ2n) is 4.69. The molecule has 5 nitrogen and oxygen atoms in total. The molecule has 0 fully saturated rings. The minimum Gasteiger partial charge on any atom is -0.494 e. The van der Waals surface area contributed by atoms with Gasteiger partial charge in [-0.25, -0.2) is 4.79 Å². The van der Waals surface area contributed by atoms with Crippen molar-refractivity contribution in [2.75, 3.05) is 11.9 Å². The topological polar surface area (TPSA) is 75.6 Å². The first-order valence-electron chi connectivity index (χ1n) is 6.93. The molecule has 0 heterocycles. The zero-order valence-electron chi connectivity index (χ0n) is 12.2. The van der Waals surface area contributed by atoms with Crippen molar-refractivity contribution in [3.05, 3.63) is 59.7 Å². The SMILES string of the molecule is CCOc1ccc(CC(=O)Nc2cccc(C(=O)O)c2)cc1. The number of carboxylic acid groups (broad SMARTS) is 1. The Morgan fingerprint density at radius 3 is 2.50 bits per heavy atom. The van der Waals surface area contributed by atoms with Gasteiger partial charge in [0.2, 0.25) is 5.91 Å². The van der Waals surface area contributed by atoms with Gasteiger partial charge in [0.25, 0.3) is 0 Å². The van der Waals surface area contributed by atoms with Crippen molar-refractivity contribution in [1.82, 2.24) is 0 Å². The Morgan fingerprint density at radius 2 is 1.86 bits per heavy atom. The summed E-state index contributed by atoms with van der Waals surface area (Å²) in [5.74, 6) is -0.463. The van der Waals surface area contributed by atoms with E-state index in [2.05, 4.69) is 5.32 Å². The first kappa shape index (κ1) is 15.6. The average Bonchev–Trinajstić information content (AvgIpc) is 2.49. The quantitative estimate of drug-likeness (QED) is 0.860. The van der Waals surface area contributed by atoms with Crippen molar-refractivity contribution in [3.8, 4) is 5.75 Å². The number of carbonyl (C=O) groups excluding carboxylic acids is 1. The number of aromatic carboxylic acids is 1. The van der Waals surface area contributed by atoms with Gasteiger partial charge in [-0.15, -0.1) is 0 Å². The molecule has 0 aliphatic carbocycles. The number of hydrogen-bond acceptors (Lipinski definition) is 3. The van der Waals surface area contributed by atoms with Crippen LogP contribution < -0.4 is 10.1 Å². The number of benzene rings is 2. The average molecular weight is 299 g/mol. The highest BCUT2D eigenvalue weighted by atomic mass is 16.5. The van der Waals surface area contributed by atoms with Gasteiger partial charge in [0.1, 0.15) is 5.75 Å². The van der Waals surface area contributed by atoms with Gasteiger partial charge in [0, 0.05) is 5.69 Å². The lowest BCUT2D eigenvalue weighted by molar-refractivity contribution is -0.115. The molecule has 114 valence electrons. The smallest absolute Gasteiger partial charge is 0.335 e. The molecule has 2 N–H and O–H groups in total. The van der Waals surface area contributed by atoms with Gasteiger partial charge >= 0.3 is 5.97 Å². The predicted molar refractivity (Wildman–Crippen MR) is 83.3 cm³/mol. The van der Waals surface area contributed by atoms with Crippen molar-refractivity contribution in [2.45, 2.75) is 13.3 Å². The van der Waals surface area contributed by atoms with Crippen LogP contribution in [0.1, 0.15) is 22.8 Å². The molecule has 0 atom stereocenters. The predicted octanol–water partition coefficient (Wildman–Crippen LogP) is 2.96. The highest BCUT2D eigenvalue weighted by Crippen LogP contribution is 2.14. The number of amides is 1. The van der Waals surface area contributed by atoms with E-state index in [1.54, 1.807) is 12.1 Å². The Labute approximate surface area is 128 Å². The molecule has 2 aromatic carbocycles. The zero-order chi connectivity index (χ0) is 15.9.